The van der Waals surface area contributed by atoms with Gasteiger partial charge in [0, 0.05) is 18.2 Å². The Balaban J connectivity index is 2.50. The Labute approximate surface area is 119 Å². The zero-order valence-corrected chi connectivity index (χ0v) is 12.7. The van der Waals surface area contributed by atoms with Crippen LogP contribution in [0.25, 0.3) is 0 Å². The number of nitrogens with one attached hydrogen (secondary N) is 1. The topological polar surface area (TPSA) is 66.4 Å². The Kier molecular flexibility index (Phi) is 6.69. The molecule has 0 aromatic heterocycles. The highest BCUT2D eigenvalue weighted by Crippen LogP contribution is 2.39. The molecule has 1 unspecified atom stereocenters. The number of thioether (sulfide) groups is 1. The number of aliphatic carboxylic acids is 1. The molecular weight excluding hydrogens is 262 g/mol. The van der Waals surface area contributed by atoms with E-state index in [-0.39, 0.29) is 18.4 Å². The molecule has 0 aliphatic heterocycles. The highest BCUT2D eigenvalue weighted by molar-refractivity contribution is 7.99. The monoisotopic (exact) mass is 287 g/mol. The summed E-state index contributed by atoms with van der Waals surface area (Å²) in [4.78, 5) is 23.5. The van der Waals surface area contributed by atoms with E-state index in [9.17, 15) is 14.7 Å². The van der Waals surface area contributed by atoms with Gasteiger partial charge in [-0.25, -0.2) is 0 Å². The van der Waals surface area contributed by atoms with Crippen LogP contribution in [0.5, 0.6) is 0 Å². The average Bonchev–Trinajstić information content (AvgIpc) is 2.37. The summed E-state index contributed by atoms with van der Waals surface area (Å²) in [6, 6.07) is 0.104. The number of carboxylic acid groups (broad SMARTS) is 1. The first-order valence-electron chi connectivity index (χ1n) is 7.10. The standard InChI is InChI=1S/C14H25NO3S/c1-3-19-10-11(2)15-12(16)9-14(13(17)18)7-5-4-6-8-14/h11H,3-10H2,1-2H3,(H,15,16)(H,17,18). The molecule has 4 nitrogen and oxygen atoms in total. The van der Waals surface area contributed by atoms with Gasteiger partial charge in [0.2, 0.25) is 5.91 Å². The van der Waals surface area contributed by atoms with E-state index in [0.29, 0.717) is 12.8 Å². The van der Waals surface area contributed by atoms with E-state index in [0.717, 1.165) is 30.8 Å². The second kappa shape index (κ2) is 7.78. The van der Waals surface area contributed by atoms with Crippen LogP contribution in [0.4, 0.5) is 0 Å². The zero-order valence-electron chi connectivity index (χ0n) is 11.9. The third kappa shape index (κ3) is 5.05. The maximum Gasteiger partial charge on any atom is 0.310 e. The van der Waals surface area contributed by atoms with Gasteiger partial charge in [-0.2, -0.15) is 11.8 Å². The molecule has 0 bridgehead atoms. The van der Waals surface area contributed by atoms with Gasteiger partial charge < -0.3 is 10.4 Å². The molecule has 1 aliphatic carbocycles. The molecule has 2 N–H and O–H groups in total. The van der Waals surface area contributed by atoms with E-state index in [2.05, 4.69) is 12.2 Å². The summed E-state index contributed by atoms with van der Waals surface area (Å²) < 4.78 is 0. The molecule has 1 saturated carbocycles. The number of carbonyl (C=O) groups excluding carboxylic acids is 1. The summed E-state index contributed by atoms with van der Waals surface area (Å²) in [5.41, 5.74) is -0.819. The fraction of sp³-hybridized carbons (Fsp3) is 0.857. The van der Waals surface area contributed by atoms with Crippen LogP contribution in [0, 0.1) is 5.41 Å². The number of hydrogen-bond acceptors (Lipinski definition) is 3. The molecule has 1 amide bonds. The quantitative estimate of drug-likeness (QED) is 0.755. The maximum atomic E-state index is 12.0. The third-order valence-corrected chi connectivity index (χ3v) is 4.89. The first-order valence-corrected chi connectivity index (χ1v) is 8.26. The summed E-state index contributed by atoms with van der Waals surface area (Å²) in [7, 11) is 0. The van der Waals surface area contributed by atoms with Gasteiger partial charge in [0.1, 0.15) is 0 Å². The first-order chi connectivity index (χ1) is 9.00. The van der Waals surface area contributed by atoms with Crippen LogP contribution < -0.4 is 5.32 Å². The number of carbonyl (C=O) groups is 2. The molecule has 0 spiro atoms. The molecule has 1 rings (SSSR count). The van der Waals surface area contributed by atoms with E-state index in [1.807, 2.05) is 6.92 Å². The third-order valence-electron chi connectivity index (χ3n) is 3.74. The second-order valence-corrected chi connectivity index (χ2v) is 6.77. The number of hydrogen-bond donors (Lipinski definition) is 2. The van der Waals surface area contributed by atoms with E-state index in [1.165, 1.54) is 0 Å². The van der Waals surface area contributed by atoms with Crippen LogP contribution in [-0.4, -0.2) is 34.5 Å². The van der Waals surface area contributed by atoms with Gasteiger partial charge in [-0.05, 0) is 25.5 Å². The fourth-order valence-corrected chi connectivity index (χ4v) is 3.34. The molecular formula is C14H25NO3S. The Morgan fingerprint density at radius 1 is 1.32 bits per heavy atom. The number of carboxylic acids is 1. The summed E-state index contributed by atoms with van der Waals surface area (Å²) in [5, 5.41) is 12.3. The lowest BCUT2D eigenvalue weighted by molar-refractivity contribution is -0.154. The van der Waals surface area contributed by atoms with Crippen LogP contribution in [0.2, 0.25) is 0 Å². The minimum Gasteiger partial charge on any atom is -0.481 e. The molecule has 1 aliphatic rings. The Morgan fingerprint density at radius 2 is 1.95 bits per heavy atom. The van der Waals surface area contributed by atoms with Gasteiger partial charge in [0.15, 0.2) is 0 Å². The molecule has 0 radical (unpaired) electrons. The highest BCUT2D eigenvalue weighted by Gasteiger charge is 2.41. The lowest BCUT2D eigenvalue weighted by Gasteiger charge is -2.32. The van der Waals surface area contributed by atoms with Gasteiger partial charge in [-0.15, -0.1) is 0 Å². The summed E-state index contributed by atoms with van der Waals surface area (Å²) in [6.45, 7) is 4.05. The van der Waals surface area contributed by atoms with Crippen LogP contribution in [0.15, 0.2) is 0 Å². The maximum absolute atomic E-state index is 12.0. The van der Waals surface area contributed by atoms with E-state index in [4.69, 9.17) is 0 Å². The van der Waals surface area contributed by atoms with E-state index < -0.39 is 11.4 Å². The van der Waals surface area contributed by atoms with Crippen molar-refractivity contribution in [3.8, 4) is 0 Å². The minimum absolute atomic E-state index is 0.104. The number of rotatable bonds is 7. The average molecular weight is 287 g/mol. The normalized spacial score (nSPS) is 19.7. The van der Waals surface area contributed by atoms with Crippen molar-refractivity contribution < 1.29 is 14.7 Å². The van der Waals surface area contributed by atoms with Gasteiger partial charge in [0.05, 0.1) is 5.41 Å². The Bertz CT molecular complexity index is 314. The van der Waals surface area contributed by atoms with Crippen molar-refractivity contribution in [2.24, 2.45) is 5.41 Å². The molecule has 19 heavy (non-hydrogen) atoms. The summed E-state index contributed by atoms with van der Waals surface area (Å²) in [5.74, 6) is 0.980. The Hall–Kier alpha value is -0.710. The molecule has 0 saturated heterocycles. The van der Waals surface area contributed by atoms with Crippen molar-refractivity contribution in [2.45, 2.75) is 58.4 Å². The van der Waals surface area contributed by atoms with Crippen molar-refractivity contribution in [3.05, 3.63) is 0 Å². The largest absolute Gasteiger partial charge is 0.481 e. The van der Waals surface area contributed by atoms with Gasteiger partial charge in [-0.3, -0.25) is 9.59 Å². The zero-order chi connectivity index (χ0) is 14.3. The van der Waals surface area contributed by atoms with Crippen LogP contribution in [-0.2, 0) is 9.59 Å². The molecule has 5 heteroatoms. The predicted octanol–water partition coefficient (Wildman–Crippen LogP) is 2.67. The lowest BCUT2D eigenvalue weighted by Crippen LogP contribution is -2.42. The van der Waals surface area contributed by atoms with Crippen LogP contribution in [0.3, 0.4) is 0 Å². The van der Waals surface area contributed by atoms with Gasteiger partial charge in [-0.1, -0.05) is 26.2 Å². The summed E-state index contributed by atoms with van der Waals surface area (Å²) in [6.07, 6.45) is 4.31. The first kappa shape index (κ1) is 16.3. The van der Waals surface area contributed by atoms with Crippen molar-refractivity contribution >= 4 is 23.6 Å². The number of amides is 1. The Morgan fingerprint density at radius 3 is 2.47 bits per heavy atom. The molecule has 110 valence electrons. The SMILES string of the molecule is CCSCC(C)NC(=O)CC1(C(=O)O)CCCCC1. The van der Waals surface area contributed by atoms with Gasteiger partial charge >= 0.3 is 5.97 Å². The van der Waals surface area contributed by atoms with Gasteiger partial charge in [0.25, 0.3) is 0 Å². The van der Waals surface area contributed by atoms with E-state index >= 15 is 0 Å². The molecule has 1 atom stereocenters. The molecule has 1 fully saturated rings. The minimum atomic E-state index is -0.819. The van der Waals surface area contributed by atoms with Crippen molar-refractivity contribution in [1.29, 1.82) is 0 Å². The van der Waals surface area contributed by atoms with Crippen molar-refractivity contribution in [3.63, 3.8) is 0 Å². The van der Waals surface area contributed by atoms with Crippen LogP contribution in [0.1, 0.15) is 52.4 Å². The van der Waals surface area contributed by atoms with Crippen molar-refractivity contribution in [1.82, 2.24) is 5.32 Å². The van der Waals surface area contributed by atoms with E-state index in [1.54, 1.807) is 11.8 Å². The van der Waals surface area contributed by atoms with Crippen molar-refractivity contribution in [2.75, 3.05) is 11.5 Å². The molecule has 0 heterocycles. The fourth-order valence-electron chi connectivity index (χ4n) is 2.66. The molecule has 0 aromatic rings. The smallest absolute Gasteiger partial charge is 0.310 e. The lowest BCUT2D eigenvalue weighted by atomic mass is 9.71. The highest BCUT2D eigenvalue weighted by atomic mass is 32.2. The second-order valence-electron chi connectivity index (χ2n) is 5.45. The summed E-state index contributed by atoms with van der Waals surface area (Å²) >= 11 is 1.78. The molecule has 0 aromatic carbocycles. The van der Waals surface area contributed by atoms with Crippen LogP contribution >= 0.6 is 11.8 Å². The predicted molar refractivity (Wildman–Crippen MR) is 78.4 cm³/mol.